The summed E-state index contributed by atoms with van der Waals surface area (Å²) in [5, 5.41) is 0. The van der Waals surface area contributed by atoms with Crippen LogP contribution in [0.2, 0.25) is 0 Å². The zero-order valence-corrected chi connectivity index (χ0v) is 17.6. The van der Waals surface area contributed by atoms with Gasteiger partial charge in [-0.3, -0.25) is 4.79 Å². The molecule has 8 nitrogen and oxygen atoms in total. The minimum atomic E-state index is -3.68. The molecule has 156 valence electrons. The molecule has 28 heavy (non-hydrogen) atoms. The Balaban J connectivity index is 2.04. The third-order valence-electron chi connectivity index (χ3n) is 4.51. The molecule has 2 atom stereocenters. The molecule has 2 rings (SSSR count). The van der Waals surface area contributed by atoms with Crippen LogP contribution in [-0.2, 0) is 24.3 Å². The zero-order valence-electron chi connectivity index (χ0n) is 16.8. The first-order chi connectivity index (χ1) is 13.2. The van der Waals surface area contributed by atoms with Crippen LogP contribution in [0.4, 0.5) is 0 Å². The minimum absolute atomic E-state index is 0.0211. The first kappa shape index (κ1) is 22.3. The van der Waals surface area contributed by atoms with Crippen molar-refractivity contribution in [3.63, 3.8) is 0 Å². The Morgan fingerprint density at radius 2 is 1.79 bits per heavy atom. The highest BCUT2D eigenvalue weighted by molar-refractivity contribution is 7.89. The molecule has 1 saturated heterocycles. The molecule has 0 unspecified atom stereocenters. The van der Waals surface area contributed by atoms with Crippen molar-refractivity contribution in [3.05, 3.63) is 29.8 Å². The monoisotopic (exact) mass is 412 g/mol. The molecule has 0 aromatic heterocycles. The summed E-state index contributed by atoms with van der Waals surface area (Å²) in [6.45, 7) is 8.41. The van der Waals surface area contributed by atoms with Gasteiger partial charge in [0.15, 0.2) is 6.61 Å². The van der Waals surface area contributed by atoms with Crippen LogP contribution in [0.5, 0.6) is 0 Å². The van der Waals surface area contributed by atoms with Gasteiger partial charge >= 0.3 is 5.97 Å². The van der Waals surface area contributed by atoms with Gasteiger partial charge in [0, 0.05) is 26.2 Å². The summed E-state index contributed by atoms with van der Waals surface area (Å²) >= 11 is 0. The number of esters is 1. The second-order valence-corrected chi connectivity index (χ2v) is 8.69. The number of hydrogen-bond acceptors (Lipinski definition) is 6. The van der Waals surface area contributed by atoms with E-state index in [9.17, 15) is 18.0 Å². The molecular weight excluding hydrogens is 384 g/mol. The van der Waals surface area contributed by atoms with E-state index in [0.717, 1.165) is 0 Å². The standard InChI is InChI=1S/C19H28N2O6S/c1-5-21(6-2)28(24,25)17-9-7-8-16(10-17)19(23)26-13-18(22)20-11-14(3)27-15(4)12-20/h7-10,14-15H,5-6,11-13H2,1-4H3/t14-,15-/m0/s1. The average Bonchev–Trinajstić information content (AvgIpc) is 2.66. The van der Waals surface area contributed by atoms with Crippen molar-refractivity contribution in [2.75, 3.05) is 32.8 Å². The molecule has 0 saturated carbocycles. The van der Waals surface area contributed by atoms with E-state index in [1.165, 1.54) is 28.6 Å². The Bertz CT molecular complexity index is 796. The molecule has 1 fully saturated rings. The summed E-state index contributed by atoms with van der Waals surface area (Å²) in [6.07, 6.45) is -0.157. The van der Waals surface area contributed by atoms with Gasteiger partial charge in [-0.15, -0.1) is 0 Å². The number of morpholine rings is 1. The topological polar surface area (TPSA) is 93.2 Å². The Labute approximate surface area is 166 Å². The smallest absolute Gasteiger partial charge is 0.338 e. The molecule has 1 heterocycles. The zero-order chi connectivity index (χ0) is 20.9. The molecule has 0 N–H and O–H groups in total. The lowest BCUT2D eigenvalue weighted by atomic mass is 10.2. The Hall–Kier alpha value is -1.97. The maximum atomic E-state index is 12.6. The highest BCUT2D eigenvalue weighted by atomic mass is 32.2. The van der Waals surface area contributed by atoms with Crippen LogP contribution >= 0.6 is 0 Å². The third-order valence-corrected chi connectivity index (χ3v) is 6.56. The number of hydrogen-bond donors (Lipinski definition) is 0. The molecule has 1 aliphatic heterocycles. The number of ether oxygens (including phenoxy) is 2. The predicted octanol–water partition coefficient (Wildman–Crippen LogP) is 1.51. The van der Waals surface area contributed by atoms with Crippen LogP contribution in [-0.4, -0.2) is 74.5 Å². The van der Waals surface area contributed by atoms with E-state index in [1.54, 1.807) is 18.7 Å². The van der Waals surface area contributed by atoms with Gasteiger partial charge in [-0.25, -0.2) is 13.2 Å². The number of amides is 1. The number of rotatable bonds is 7. The average molecular weight is 413 g/mol. The lowest BCUT2D eigenvalue weighted by molar-refractivity contribution is -0.146. The summed E-state index contributed by atoms with van der Waals surface area (Å²) in [4.78, 5) is 26.3. The van der Waals surface area contributed by atoms with Crippen molar-refractivity contribution >= 4 is 21.9 Å². The summed E-state index contributed by atoms with van der Waals surface area (Å²) in [6, 6.07) is 5.67. The minimum Gasteiger partial charge on any atom is -0.452 e. The van der Waals surface area contributed by atoms with Crippen LogP contribution < -0.4 is 0 Å². The van der Waals surface area contributed by atoms with Crippen molar-refractivity contribution in [2.24, 2.45) is 0 Å². The van der Waals surface area contributed by atoms with Crippen LogP contribution in [0, 0.1) is 0 Å². The normalized spacial score (nSPS) is 20.2. The van der Waals surface area contributed by atoms with Gasteiger partial charge in [0.2, 0.25) is 10.0 Å². The van der Waals surface area contributed by atoms with Gasteiger partial charge in [-0.2, -0.15) is 4.31 Å². The van der Waals surface area contributed by atoms with E-state index >= 15 is 0 Å². The molecular formula is C19H28N2O6S. The summed E-state index contributed by atoms with van der Waals surface area (Å²) in [7, 11) is -3.68. The highest BCUT2D eigenvalue weighted by Gasteiger charge is 2.27. The fourth-order valence-corrected chi connectivity index (χ4v) is 4.68. The number of sulfonamides is 1. The second-order valence-electron chi connectivity index (χ2n) is 6.75. The summed E-state index contributed by atoms with van der Waals surface area (Å²) < 4.78 is 37.2. The van der Waals surface area contributed by atoms with E-state index in [4.69, 9.17) is 9.47 Å². The van der Waals surface area contributed by atoms with E-state index in [0.29, 0.717) is 26.2 Å². The van der Waals surface area contributed by atoms with Gasteiger partial charge in [0.1, 0.15) is 0 Å². The van der Waals surface area contributed by atoms with Gasteiger partial charge in [-0.05, 0) is 32.0 Å². The molecule has 1 aromatic carbocycles. The van der Waals surface area contributed by atoms with Crippen LogP contribution in [0.15, 0.2) is 29.2 Å². The molecule has 0 radical (unpaired) electrons. The fourth-order valence-electron chi connectivity index (χ4n) is 3.18. The SMILES string of the molecule is CCN(CC)S(=O)(=O)c1cccc(C(=O)OCC(=O)N2C[C@H](C)O[C@@H](C)C2)c1. The molecule has 0 aliphatic carbocycles. The largest absolute Gasteiger partial charge is 0.452 e. The number of nitrogens with zero attached hydrogens (tertiary/aromatic N) is 2. The van der Waals surface area contributed by atoms with Crippen molar-refractivity contribution in [2.45, 2.75) is 44.8 Å². The summed E-state index contributed by atoms with van der Waals surface area (Å²) in [5.74, 6) is -1.04. The van der Waals surface area contributed by atoms with Crippen LogP contribution in [0.1, 0.15) is 38.1 Å². The number of carbonyl (C=O) groups is 2. The van der Waals surface area contributed by atoms with Gasteiger partial charge in [0.25, 0.3) is 5.91 Å². The van der Waals surface area contributed by atoms with E-state index in [2.05, 4.69) is 0 Å². The second kappa shape index (κ2) is 9.49. The van der Waals surface area contributed by atoms with Crippen LogP contribution in [0.25, 0.3) is 0 Å². The Kier molecular flexibility index (Phi) is 7.56. The third kappa shape index (κ3) is 5.30. The predicted molar refractivity (Wildman–Crippen MR) is 103 cm³/mol. The quantitative estimate of drug-likeness (QED) is 0.630. The lowest BCUT2D eigenvalue weighted by Crippen LogP contribution is -2.49. The molecule has 0 bridgehead atoms. The van der Waals surface area contributed by atoms with Gasteiger partial charge < -0.3 is 14.4 Å². The molecule has 1 amide bonds. The lowest BCUT2D eigenvalue weighted by Gasteiger charge is -2.35. The maximum Gasteiger partial charge on any atom is 0.338 e. The van der Waals surface area contributed by atoms with Gasteiger partial charge in [0.05, 0.1) is 22.7 Å². The molecule has 1 aromatic rings. The van der Waals surface area contributed by atoms with E-state index in [-0.39, 0.29) is 28.6 Å². The summed E-state index contributed by atoms with van der Waals surface area (Å²) in [5.41, 5.74) is 0.0877. The molecule has 9 heteroatoms. The fraction of sp³-hybridized carbons (Fsp3) is 0.579. The van der Waals surface area contributed by atoms with Crippen LogP contribution in [0.3, 0.4) is 0 Å². The van der Waals surface area contributed by atoms with Crippen molar-refractivity contribution in [1.82, 2.24) is 9.21 Å². The maximum absolute atomic E-state index is 12.6. The van der Waals surface area contributed by atoms with Crippen molar-refractivity contribution in [1.29, 1.82) is 0 Å². The Morgan fingerprint density at radius 1 is 1.18 bits per heavy atom. The first-order valence-corrected chi connectivity index (χ1v) is 10.8. The molecule has 0 spiro atoms. The van der Waals surface area contributed by atoms with E-state index in [1.807, 2.05) is 13.8 Å². The van der Waals surface area contributed by atoms with Crippen molar-refractivity contribution in [3.8, 4) is 0 Å². The first-order valence-electron chi connectivity index (χ1n) is 9.39. The number of carbonyl (C=O) groups excluding carboxylic acids is 2. The van der Waals surface area contributed by atoms with Gasteiger partial charge in [-0.1, -0.05) is 19.9 Å². The van der Waals surface area contributed by atoms with E-state index < -0.39 is 22.6 Å². The number of benzene rings is 1. The van der Waals surface area contributed by atoms with Crippen molar-refractivity contribution < 1.29 is 27.5 Å². The molecule has 1 aliphatic rings. The Morgan fingerprint density at radius 3 is 2.36 bits per heavy atom. The highest BCUT2D eigenvalue weighted by Crippen LogP contribution is 2.18.